The summed E-state index contributed by atoms with van der Waals surface area (Å²) in [6.45, 7) is 2.06. The lowest BCUT2D eigenvalue weighted by Gasteiger charge is -2.12. The molecular weight excluding hydrogens is 387 g/mol. The number of imide groups is 1. The molecule has 2 aromatic rings. The van der Waals surface area contributed by atoms with Gasteiger partial charge < -0.3 is 14.8 Å². The van der Waals surface area contributed by atoms with Gasteiger partial charge in [0.1, 0.15) is 11.5 Å². The van der Waals surface area contributed by atoms with Crippen molar-refractivity contribution in [1.82, 2.24) is 10.2 Å². The van der Waals surface area contributed by atoms with Crippen LogP contribution in [0.4, 0.5) is 9.18 Å². The number of ether oxygens (including phenoxy) is 2. The molecule has 0 aromatic heterocycles. The highest BCUT2D eigenvalue weighted by atomic mass is 35.5. The summed E-state index contributed by atoms with van der Waals surface area (Å²) in [5, 5.41) is 2.81. The standard InChI is InChI=1S/C20H18ClFN2O4/c1-3-28-17-10-12(8-14(21)18(17)27-2)9-16-19(25)24(20(26)23-16)11-13-6-4-5-7-15(13)22/h4-10H,3,11H2,1-2H3,(H,23,26). The van der Waals surface area contributed by atoms with Crippen molar-refractivity contribution in [3.05, 3.63) is 64.1 Å². The minimum atomic E-state index is -0.621. The summed E-state index contributed by atoms with van der Waals surface area (Å²) in [6, 6.07) is 8.61. The maximum absolute atomic E-state index is 13.8. The van der Waals surface area contributed by atoms with Crippen molar-refractivity contribution in [2.75, 3.05) is 13.7 Å². The van der Waals surface area contributed by atoms with E-state index in [4.69, 9.17) is 21.1 Å². The fourth-order valence-corrected chi connectivity index (χ4v) is 3.11. The van der Waals surface area contributed by atoms with Crippen LogP contribution in [0.3, 0.4) is 0 Å². The fraction of sp³-hybridized carbons (Fsp3) is 0.200. The van der Waals surface area contributed by atoms with Gasteiger partial charge in [-0.3, -0.25) is 9.69 Å². The van der Waals surface area contributed by atoms with Crippen molar-refractivity contribution in [3.63, 3.8) is 0 Å². The Morgan fingerprint density at radius 3 is 2.68 bits per heavy atom. The van der Waals surface area contributed by atoms with Crippen LogP contribution in [0.1, 0.15) is 18.1 Å². The molecule has 3 amide bonds. The van der Waals surface area contributed by atoms with E-state index in [0.717, 1.165) is 4.90 Å². The van der Waals surface area contributed by atoms with E-state index >= 15 is 0 Å². The van der Waals surface area contributed by atoms with Crippen molar-refractivity contribution < 1.29 is 23.5 Å². The van der Waals surface area contributed by atoms with Gasteiger partial charge in [0.05, 0.1) is 25.3 Å². The molecule has 6 nitrogen and oxygen atoms in total. The predicted molar refractivity (Wildman–Crippen MR) is 103 cm³/mol. The summed E-state index contributed by atoms with van der Waals surface area (Å²) in [7, 11) is 1.48. The lowest BCUT2D eigenvalue weighted by Crippen LogP contribution is -2.30. The van der Waals surface area contributed by atoms with Crippen LogP contribution < -0.4 is 14.8 Å². The first-order valence-corrected chi connectivity index (χ1v) is 8.90. The largest absolute Gasteiger partial charge is 0.491 e. The van der Waals surface area contributed by atoms with Crippen molar-refractivity contribution >= 4 is 29.6 Å². The minimum Gasteiger partial charge on any atom is -0.491 e. The summed E-state index contributed by atoms with van der Waals surface area (Å²) in [5.74, 6) is -0.236. The van der Waals surface area contributed by atoms with Crippen LogP contribution in [0.5, 0.6) is 11.5 Å². The third kappa shape index (κ3) is 3.94. The molecule has 0 bridgehead atoms. The zero-order chi connectivity index (χ0) is 20.3. The van der Waals surface area contributed by atoms with Gasteiger partial charge in [0.2, 0.25) is 0 Å². The number of hydrogen-bond acceptors (Lipinski definition) is 4. The van der Waals surface area contributed by atoms with Gasteiger partial charge in [-0.2, -0.15) is 0 Å². The van der Waals surface area contributed by atoms with Gasteiger partial charge in [-0.25, -0.2) is 9.18 Å². The molecule has 1 N–H and O–H groups in total. The molecule has 0 aliphatic carbocycles. The Morgan fingerprint density at radius 1 is 1.25 bits per heavy atom. The second-order valence-corrected chi connectivity index (χ2v) is 6.35. The summed E-state index contributed by atoms with van der Waals surface area (Å²) in [4.78, 5) is 25.8. The molecule has 2 aromatic carbocycles. The van der Waals surface area contributed by atoms with E-state index in [1.807, 2.05) is 6.92 Å². The number of nitrogens with one attached hydrogen (secondary N) is 1. The van der Waals surface area contributed by atoms with Crippen LogP contribution in [0, 0.1) is 5.82 Å². The Hall–Kier alpha value is -3.06. The number of benzene rings is 2. The van der Waals surface area contributed by atoms with Crippen LogP contribution in [0.2, 0.25) is 5.02 Å². The van der Waals surface area contributed by atoms with Gasteiger partial charge >= 0.3 is 6.03 Å². The fourth-order valence-electron chi connectivity index (χ4n) is 2.81. The molecule has 146 valence electrons. The Labute approximate surface area is 166 Å². The smallest absolute Gasteiger partial charge is 0.329 e. The first-order chi connectivity index (χ1) is 13.4. The number of halogens is 2. The molecule has 1 aliphatic heterocycles. The number of urea groups is 1. The van der Waals surface area contributed by atoms with Crippen molar-refractivity contribution in [1.29, 1.82) is 0 Å². The van der Waals surface area contributed by atoms with E-state index in [2.05, 4.69) is 5.32 Å². The lowest BCUT2D eigenvalue weighted by molar-refractivity contribution is -0.123. The zero-order valence-electron chi connectivity index (χ0n) is 15.3. The quantitative estimate of drug-likeness (QED) is 0.584. The van der Waals surface area contributed by atoms with Gasteiger partial charge in [-0.15, -0.1) is 0 Å². The number of nitrogens with zero attached hydrogens (tertiary/aromatic N) is 1. The molecule has 0 spiro atoms. The first kappa shape index (κ1) is 19.7. The van der Waals surface area contributed by atoms with Crippen molar-refractivity contribution in [3.8, 4) is 11.5 Å². The van der Waals surface area contributed by atoms with Gasteiger partial charge in [-0.1, -0.05) is 29.8 Å². The summed E-state index contributed by atoms with van der Waals surface area (Å²) >= 11 is 6.22. The number of methoxy groups -OCH3 is 1. The number of carbonyl (C=O) groups excluding carboxylic acids is 2. The molecule has 0 radical (unpaired) electrons. The molecule has 1 heterocycles. The Kier molecular flexibility index (Phi) is 5.84. The first-order valence-electron chi connectivity index (χ1n) is 8.52. The van der Waals surface area contributed by atoms with E-state index in [1.54, 1.807) is 24.3 Å². The average molecular weight is 405 g/mol. The van der Waals surface area contributed by atoms with Crippen LogP contribution in [0.25, 0.3) is 6.08 Å². The molecule has 1 aliphatic rings. The maximum Gasteiger partial charge on any atom is 0.329 e. The second-order valence-electron chi connectivity index (χ2n) is 5.94. The van der Waals surface area contributed by atoms with Gasteiger partial charge in [0, 0.05) is 5.56 Å². The highest BCUT2D eigenvalue weighted by Crippen LogP contribution is 2.37. The number of amides is 3. The van der Waals surface area contributed by atoms with Gasteiger partial charge in [0.15, 0.2) is 11.5 Å². The van der Waals surface area contributed by atoms with Crippen molar-refractivity contribution in [2.24, 2.45) is 0 Å². The summed E-state index contributed by atoms with van der Waals surface area (Å²) in [5.41, 5.74) is 0.856. The predicted octanol–water partition coefficient (Wildman–Crippen LogP) is 3.98. The van der Waals surface area contributed by atoms with Gasteiger partial charge in [0.25, 0.3) is 5.91 Å². The minimum absolute atomic E-state index is 0.0602. The highest BCUT2D eigenvalue weighted by Gasteiger charge is 2.34. The molecule has 1 saturated heterocycles. The summed E-state index contributed by atoms with van der Waals surface area (Å²) < 4.78 is 24.6. The van der Waals surface area contributed by atoms with Crippen molar-refractivity contribution in [2.45, 2.75) is 13.5 Å². The van der Waals surface area contributed by atoms with Crippen LogP contribution in [-0.2, 0) is 11.3 Å². The molecule has 28 heavy (non-hydrogen) atoms. The van der Waals surface area contributed by atoms with Crippen LogP contribution in [-0.4, -0.2) is 30.6 Å². The van der Waals surface area contributed by atoms with Gasteiger partial charge in [-0.05, 0) is 36.8 Å². The van der Waals surface area contributed by atoms with E-state index in [0.29, 0.717) is 28.7 Å². The maximum atomic E-state index is 13.8. The lowest BCUT2D eigenvalue weighted by atomic mass is 10.1. The monoisotopic (exact) mass is 404 g/mol. The Morgan fingerprint density at radius 2 is 2.00 bits per heavy atom. The SMILES string of the molecule is CCOc1cc(C=C2NC(=O)N(Cc3ccccc3F)C2=O)cc(Cl)c1OC. The normalized spacial score (nSPS) is 15.1. The topological polar surface area (TPSA) is 67.9 Å². The molecule has 0 unspecified atom stereocenters. The van der Waals surface area contributed by atoms with E-state index in [9.17, 15) is 14.0 Å². The number of carbonyl (C=O) groups is 2. The second kappa shape index (κ2) is 8.31. The molecular formula is C20H18ClFN2O4. The van der Waals surface area contributed by atoms with E-state index in [1.165, 1.54) is 25.3 Å². The highest BCUT2D eigenvalue weighted by molar-refractivity contribution is 6.32. The molecule has 0 saturated carbocycles. The Balaban J connectivity index is 1.88. The van der Waals surface area contributed by atoms with Crippen LogP contribution >= 0.6 is 11.6 Å². The van der Waals surface area contributed by atoms with E-state index < -0.39 is 17.8 Å². The third-order valence-corrected chi connectivity index (χ3v) is 4.38. The number of rotatable bonds is 6. The summed E-state index contributed by atoms with van der Waals surface area (Å²) in [6.07, 6.45) is 1.48. The third-order valence-electron chi connectivity index (χ3n) is 4.10. The number of hydrogen-bond donors (Lipinski definition) is 1. The van der Waals surface area contributed by atoms with E-state index in [-0.39, 0.29) is 17.8 Å². The van der Waals surface area contributed by atoms with Crippen LogP contribution in [0.15, 0.2) is 42.1 Å². The average Bonchev–Trinajstić information content (AvgIpc) is 2.91. The molecule has 3 rings (SSSR count). The Bertz CT molecular complexity index is 961. The molecule has 0 atom stereocenters. The molecule has 1 fully saturated rings. The molecule has 8 heteroatoms. The zero-order valence-corrected chi connectivity index (χ0v) is 16.0.